The zero-order chi connectivity index (χ0) is 27.0. The minimum Gasteiger partial charge on any atom is -0.508 e. The van der Waals surface area contributed by atoms with Gasteiger partial charge in [-0.1, -0.05) is 54.0 Å². The summed E-state index contributed by atoms with van der Waals surface area (Å²) < 4.78 is 12.4. The van der Waals surface area contributed by atoms with Crippen LogP contribution in [0.5, 0.6) is 11.5 Å². The van der Waals surface area contributed by atoms with Gasteiger partial charge >= 0.3 is 0 Å². The number of fused-ring (bicyclic) bond motifs is 1. The first-order chi connectivity index (χ1) is 18.2. The Kier molecular flexibility index (Phi) is 6.99. The lowest BCUT2D eigenvalue weighted by molar-refractivity contribution is -0.130. The molecule has 1 aliphatic heterocycles. The quantitative estimate of drug-likeness (QED) is 0.226. The predicted octanol–water partition coefficient (Wildman–Crippen LogP) is 6.71. The highest BCUT2D eigenvalue weighted by molar-refractivity contribution is 9.10. The Balaban J connectivity index is 1.49. The van der Waals surface area contributed by atoms with Gasteiger partial charge in [0.25, 0.3) is 5.91 Å². The van der Waals surface area contributed by atoms with Crippen LogP contribution < -0.4 is 4.74 Å². The molecular formula is C30H26BrNO6. The van der Waals surface area contributed by atoms with E-state index >= 15 is 0 Å². The first kappa shape index (κ1) is 25.6. The number of aliphatic hydroxyl groups excluding tert-OH is 1. The maximum Gasteiger partial charge on any atom is 0.290 e. The van der Waals surface area contributed by atoms with Crippen LogP contribution in [-0.2, 0) is 11.3 Å². The van der Waals surface area contributed by atoms with Crippen LogP contribution in [-0.4, -0.2) is 33.4 Å². The number of ketones is 1. The molecule has 0 saturated carbocycles. The van der Waals surface area contributed by atoms with E-state index < -0.39 is 23.5 Å². The lowest BCUT2D eigenvalue weighted by Gasteiger charge is -2.27. The van der Waals surface area contributed by atoms with Gasteiger partial charge in [-0.2, -0.15) is 0 Å². The molecular weight excluding hydrogens is 550 g/mol. The van der Waals surface area contributed by atoms with E-state index in [2.05, 4.69) is 29.8 Å². The van der Waals surface area contributed by atoms with Crippen LogP contribution in [0.2, 0.25) is 0 Å². The summed E-state index contributed by atoms with van der Waals surface area (Å²) in [4.78, 5) is 28.5. The van der Waals surface area contributed by atoms with Gasteiger partial charge in [-0.25, -0.2) is 0 Å². The average Bonchev–Trinajstić information content (AvgIpc) is 3.42. The molecule has 0 aliphatic carbocycles. The number of nitrogens with zero attached hydrogens (tertiary/aromatic N) is 1. The van der Waals surface area contributed by atoms with Crippen molar-refractivity contribution in [2.75, 3.05) is 6.61 Å². The number of aliphatic hydroxyl groups is 1. The fraction of sp³-hybridized carbons (Fsp3) is 0.200. The number of halogens is 1. The molecule has 1 aromatic heterocycles. The molecule has 0 radical (unpaired) electrons. The van der Waals surface area contributed by atoms with Gasteiger partial charge in [0.05, 0.1) is 18.2 Å². The number of phenolic OH excluding ortho intramolecular Hbond substituents is 1. The standard InChI is InChI=1S/C30H26BrNO6/c1-17(2)16-37-23-10-3-18(4-11-23)15-32-27(19-5-8-22(33)9-6-19)26(29(35)30(32)36)28(34)25-14-20-13-21(31)7-12-24(20)38-25/h3-14,17,27,33,35H,15-16H2,1-2H3. The number of carbonyl (C=O) groups excluding carboxylic acids is 2. The van der Waals surface area contributed by atoms with Crippen LogP contribution in [0, 0.1) is 5.92 Å². The number of amides is 1. The molecule has 194 valence electrons. The van der Waals surface area contributed by atoms with E-state index in [-0.39, 0.29) is 23.6 Å². The lowest BCUT2D eigenvalue weighted by atomic mass is 9.94. The Morgan fingerprint density at radius 2 is 1.74 bits per heavy atom. The Labute approximate surface area is 228 Å². The van der Waals surface area contributed by atoms with E-state index in [1.165, 1.54) is 17.0 Å². The smallest absolute Gasteiger partial charge is 0.290 e. The molecule has 1 amide bonds. The molecule has 4 aromatic rings. The molecule has 2 N–H and O–H groups in total. The van der Waals surface area contributed by atoms with E-state index in [9.17, 15) is 19.8 Å². The van der Waals surface area contributed by atoms with Crippen LogP contribution in [0.1, 0.15) is 41.6 Å². The molecule has 3 aromatic carbocycles. The van der Waals surface area contributed by atoms with Gasteiger partial charge in [0.15, 0.2) is 11.5 Å². The number of phenols is 1. The van der Waals surface area contributed by atoms with Gasteiger partial charge in [-0.15, -0.1) is 0 Å². The fourth-order valence-electron chi connectivity index (χ4n) is 4.46. The van der Waals surface area contributed by atoms with Crippen molar-refractivity contribution >= 4 is 38.6 Å². The van der Waals surface area contributed by atoms with Crippen LogP contribution >= 0.6 is 15.9 Å². The summed E-state index contributed by atoms with van der Waals surface area (Å²) in [7, 11) is 0. The number of benzene rings is 3. The molecule has 0 spiro atoms. The minimum atomic E-state index is -0.882. The van der Waals surface area contributed by atoms with Crippen molar-refractivity contribution in [3.63, 3.8) is 0 Å². The Morgan fingerprint density at radius 1 is 1.03 bits per heavy atom. The molecule has 7 nitrogen and oxygen atoms in total. The third-order valence-corrected chi connectivity index (χ3v) is 6.81. The summed E-state index contributed by atoms with van der Waals surface area (Å²) in [5.41, 5.74) is 1.81. The molecule has 38 heavy (non-hydrogen) atoms. The predicted molar refractivity (Wildman–Crippen MR) is 146 cm³/mol. The summed E-state index contributed by atoms with van der Waals surface area (Å²) in [5, 5.41) is 21.5. The second kappa shape index (κ2) is 10.4. The van der Waals surface area contributed by atoms with Crippen LogP contribution in [0.25, 0.3) is 11.0 Å². The summed E-state index contributed by atoms with van der Waals surface area (Å²) in [6, 6.07) is 19.7. The molecule has 0 bridgehead atoms. The van der Waals surface area contributed by atoms with Crippen LogP contribution in [0.3, 0.4) is 0 Å². The summed E-state index contributed by atoms with van der Waals surface area (Å²) in [6.07, 6.45) is 0. The maximum atomic E-state index is 13.7. The van der Waals surface area contributed by atoms with E-state index in [1.54, 1.807) is 30.3 Å². The Hall–Kier alpha value is -4.04. The molecule has 2 heterocycles. The Morgan fingerprint density at radius 3 is 2.42 bits per heavy atom. The van der Waals surface area contributed by atoms with Crippen molar-refractivity contribution in [2.24, 2.45) is 5.92 Å². The van der Waals surface area contributed by atoms with Crippen LogP contribution in [0.4, 0.5) is 0 Å². The van der Waals surface area contributed by atoms with Gasteiger partial charge in [-0.3, -0.25) is 9.59 Å². The monoisotopic (exact) mass is 575 g/mol. The normalized spacial score (nSPS) is 15.6. The first-order valence-electron chi connectivity index (χ1n) is 12.2. The molecule has 8 heteroatoms. The third-order valence-electron chi connectivity index (χ3n) is 6.32. The van der Waals surface area contributed by atoms with Crippen molar-refractivity contribution in [1.29, 1.82) is 0 Å². The number of rotatable bonds is 8. The molecule has 1 unspecified atom stereocenters. The number of ether oxygens (including phenoxy) is 1. The third kappa shape index (κ3) is 5.04. The van der Waals surface area contributed by atoms with Crippen molar-refractivity contribution in [2.45, 2.75) is 26.4 Å². The zero-order valence-electron chi connectivity index (χ0n) is 20.8. The highest BCUT2D eigenvalue weighted by Gasteiger charge is 2.44. The molecule has 1 aliphatic rings. The van der Waals surface area contributed by atoms with E-state index in [0.717, 1.165) is 15.8 Å². The van der Waals surface area contributed by atoms with Gasteiger partial charge in [0.1, 0.15) is 17.1 Å². The van der Waals surface area contributed by atoms with Gasteiger partial charge in [0.2, 0.25) is 5.78 Å². The highest BCUT2D eigenvalue weighted by Crippen LogP contribution is 2.41. The topological polar surface area (TPSA) is 100 Å². The van der Waals surface area contributed by atoms with Crippen molar-refractivity contribution in [3.8, 4) is 11.5 Å². The molecule has 0 saturated heterocycles. The van der Waals surface area contributed by atoms with E-state index in [0.29, 0.717) is 29.1 Å². The minimum absolute atomic E-state index is 0.0183. The number of Topliss-reactive ketones (excluding diaryl/α,β-unsaturated/α-hetero) is 1. The van der Waals surface area contributed by atoms with Crippen molar-refractivity contribution in [1.82, 2.24) is 4.90 Å². The largest absolute Gasteiger partial charge is 0.508 e. The van der Waals surface area contributed by atoms with Crippen molar-refractivity contribution in [3.05, 3.63) is 105 Å². The van der Waals surface area contributed by atoms with Gasteiger partial charge in [-0.05, 0) is 65.6 Å². The SMILES string of the molecule is CC(C)COc1ccc(CN2C(=O)C(O)=C(C(=O)c3cc4cc(Br)ccc4o3)C2c2ccc(O)cc2)cc1. The van der Waals surface area contributed by atoms with E-state index in [1.807, 2.05) is 30.3 Å². The number of hydrogen-bond acceptors (Lipinski definition) is 6. The maximum absolute atomic E-state index is 13.7. The number of furan rings is 1. The summed E-state index contributed by atoms with van der Waals surface area (Å²) >= 11 is 3.41. The second-order valence-electron chi connectivity index (χ2n) is 9.66. The number of hydrogen-bond donors (Lipinski definition) is 2. The lowest BCUT2D eigenvalue weighted by Crippen LogP contribution is -2.30. The first-order valence-corrected chi connectivity index (χ1v) is 13.0. The fourth-order valence-corrected chi connectivity index (χ4v) is 4.84. The second-order valence-corrected chi connectivity index (χ2v) is 10.6. The molecule has 0 fully saturated rings. The summed E-state index contributed by atoms with van der Waals surface area (Å²) in [5.74, 6) is -0.687. The van der Waals surface area contributed by atoms with Crippen molar-refractivity contribution < 1.29 is 29.0 Å². The average molecular weight is 576 g/mol. The molecule has 1 atom stereocenters. The summed E-state index contributed by atoms with van der Waals surface area (Å²) in [6.45, 7) is 4.87. The molecule has 5 rings (SSSR count). The number of aromatic hydroxyl groups is 1. The highest BCUT2D eigenvalue weighted by atomic mass is 79.9. The number of carbonyl (C=O) groups is 2. The van der Waals surface area contributed by atoms with Gasteiger partial charge in [0, 0.05) is 16.4 Å². The zero-order valence-corrected chi connectivity index (χ0v) is 22.4. The van der Waals surface area contributed by atoms with E-state index in [4.69, 9.17) is 9.15 Å². The van der Waals surface area contributed by atoms with Gasteiger partial charge < -0.3 is 24.3 Å². The van der Waals surface area contributed by atoms with Crippen LogP contribution in [0.15, 0.2) is 93.0 Å². The Bertz CT molecular complexity index is 1540.